The fourth-order valence-corrected chi connectivity index (χ4v) is 2.97. The van der Waals surface area contributed by atoms with Crippen molar-refractivity contribution in [3.63, 3.8) is 0 Å². The smallest absolute Gasteiger partial charge is 0.295 e. The summed E-state index contributed by atoms with van der Waals surface area (Å²) in [5.74, 6) is 0. The number of hydrogen-bond acceptors (Lipinski definition) is 5. The Morgan fingerprint density at radius 3 is 3.05 bits per heavy atom. The normalized spacial score (nSPS) is 18.0. The summed E-state index contributed by atoms with van der Waals surface area (Å²) in [5.41, 5.74) is 1.49. The van der Waals surface area contributed by atoms with E-state index in [2.05, 4.69) is 15.2 Å². The van der Waals surface area contributed by atoms with Gasteiger partial charge in [-0.3, -0.25) is 10.1 Å². The molecule has 1 aromatic carbocycles. The van der Waals surface area contributed by atoms with E-state index in [-0.39, 0.29) is 10.6 Å². The summed E-state index contributed by atoms with van der Waals surface area (Å²) in [6.07, 6.45) is 4.03. The third kappa shape index (κ3) is 2.67. The number of hydrogen-bond donors (Lipinski definition) is 1. The van der Waals surface area contributed by atoms with Gasteiger partial charge in [0, 0.05) is 43.0 Å². The summed E-state index contributed by atoms with van der Waals surface area (Å²) in [6.45, 7) is 1.96. The summed E-state index contributed by atoms with van der Waals surface area (Å²) < 4.78 is 0. The molecule has 0 amide bonds. The zero-order valence-corrected chi connectivity index (χ0v) is 12.0. The Bertz CT molecular complexity index is 668. The number of benzene rings is 1. The first-order valence-electron chi connectivity index (χ1n) is 7.13. The quantitative estimate of drug-likeness (QED) is 0.690. The summed E-state index contributed by atoms with van der Waals surface area (Å²) in [5, 5.41) is 15.4. The minimum Gasteiger partial charge on any atom is -0.372 e. The molecule has 6 heteroatoms. The van der Waals surface area contributed by atoms with Crippen LogP contribution in [0, 0.1) is 10.1 Å². The molecule has 0 aliphatic carbocycles. The lowest BCUT2D eigenvalue weighted by atomic mass is 10.1. The van der Waals surface area contributed by atoms with Crippen LogP contribution in [0.1, 0.15) is 12.8 Å². The maximum absolute atomic E-state index is 11.1. The third-order valence-corrected chi connectivity index (χ3v) is 3.99. The molecule has 2 aromatic rings. The number of pyridine rings is 1. The Balaban J connectivity index is 1.98. The van der Waals surface area contributed by atoms with E-state index in [9.17, 15) is 10.1 Å². The molecule has 0 radical (unpaired) electrons. The van der Waals surface area contributed by atoms with Gasteiger partial charge in [-0.2, -0.15) is 0 Å². The van der Waals surface area contributed by atoms with Crippen molar-refractivity contribution in [1.82, 2.24) is 10.3 Å². The van der Waals surface area contributed by atoms with Gasteiger partial charge in [0.1, 0.15) is 5.52 Å². The predicted octanol–water partition coefficient (Wildman–Crippen LogP) is 2.33. The number of anilines is 1. The van der Waals surface area contributed by atoms with Crippen LogP contribution in [-0.2, 0) is 0 Å². The van der Waals surface area contributed by atoms with Gasteiger partial charge in [0.05, 0.1) is 4.92 Å². The summed E-state index contributed by atoms with van der Waals surface area (Å²) >= 11 is 0. The Morgan fingerprint density at radius 1 is 1.48 bits per heavy atom. The number of nitrogens with zero attached hydrogens (tertiary/aromatic N) is 3. The fourth-order valence-electron chi connectivity index (χ4n) is 2.97. The molecular weight excluding hydrogens is 268 g/mol. The maximum atomic E-state index is 11.1. The Labute approximate surface area is 122 Å². The number of nitrogens with one attached hydrogen (secondary N) is 1. The Hall–Kier alpha value is -2.21. The molecule has 0 spiro atoms. The van der Waals surface area contributed by atoms with Gasteiger partial charge in [-0.25, -0.2) is 4.98 Å². The first kappa shape index (κ1) is 13.8. The lowest BCUT2D eigenvalue weighted by Crippen LogP contribution is -2.35. The van der Waals surface area contributed by atoms with Gasteiger partial charge in [-0.05, 0) is 25.5 Å². The van der Waals surface area contributed by atoms with E-state index < -0.39 is 0 Å². The van der Waals surface area contributed by atoms with Crippen LogP contribution in [0.15, 0.2) is 30.5 Å². The number of likely N-dealkylation sites (N-methyl/N-ethyl adjacent to an activating group) is 1. The van der Waals surface area contributed by atoms with E-state index in [1.54, 1.807) is 12.3 Å². The van der Waals surface area contributed by atoms with Gasteiger partial charge in [-0.1, -0.05) is 12.1 Å². The summed E-state index contributed by atoms with van der Waals surface area (Å²) in [7, 11) is 2.02. The topological polar surface area (TPSA) is 71.3 Å². The van der Waals surface area contributed by atoms with Crippen molar-refractivity contribution in [2.45, 2.75) is 18.9 Å². The molecule has 0 saturated carbocycles. The van der Waals surface area contributed by atoms with E-state index in [0.717, 1.165) is 24.2 Å². The molecule has 6 nitrogen and oxygen atoms in total. The largest absolute Gasteiger partial charge is 0.372 e. The molecule has 2 heterocycles. The number of non-ortho nitro benzene ring substituents is 1. The molecule has 1 N–H and O–H groups in total. The Kier molecular flexibility index (Phi) is 3.70. The lowest BCUT2D eigenvalue weighted by Gasteiger charge is -2.24. The second-order valence-electron chi connectivity index (χ2n) is 5.43. The molecule has 1 fully saturated rings. The molecule has 0 bridgehead atoms. The highest BCUT2D eigenvalue weighted by atomic mass is 16.6. The Morgan fingerprint density at radius 2 is 2.33 bits per heavy atom. The highest BCUT2D eigenvalue weighted by Gasteiger charge is 2.19. The van der Waals surface area contributed by atoms with Crippen molar-refractivity contribution >= 4 is 22.3 Å². The van der Waals surface area contributed by atoms with Crippen LogP contribution in [0.3, 0.4) is 0 Å². The molecule has 21 heavy (non-hydrogen) atoms. The fraction of sp³-hybridized carbons (Fsp3) is 0.400. The van der Waals surface area contributed by atoms with Crippen LogP contribution < -0.4 is 10.2 Å². The summed E-state index contributed by atoms with van der Waals surface area (Å²) in [4.78, 5) is 17.1. The van der Waals surface area contributed by atoms with E-state index >= 15 is 0 Å². The highest BCUT2D eigenvalue weighted by Crippen LogP contribution is 2.30. The van der Waals surface area contributed by atoms with Crippen molar-refractivity contribution < 1.29 is 4.92 Å². The van der Waals surface area contributed by atoms with Crippen molar-refractivity contribution in [3.8, 4) is 0 Å². The number of fused-ring (bicyclic) bond motifs is 1. The molecule has 1 saturated heterocycles. The molecule has 1 aromatic heterocycles. The number of nitro benzene ring substituents is 1. The predicted molar refractivity (Wildman–Crippen MR) is 82.7 cm³/mol. The zero-order chi connectivity index (χ0) is 14.8. The van der Waals surface area contributed by atoms with Crippen molar-refractivity contribution in [2.24, 2.45) is 0 Å². The van der Waals surface area contributed by atoms with Crippen LogP contribution >= 0.6 is 0 Å². The SMILES string of the molecule is CN(CC1CCCN1)c1ccnc2c([N+](=O)[O-])cccc12. The van der Waals surface area contributed by atoms with Crippen LogP contribution in [0.4, 0.5) is 11.4 Å². The van der Waals surface area contributed by atoms with Gasteiger partial charge in [0.2, 0.25) is 0 Å². The molecule has 1 unspecified atom stereocenters. The van der Waals surface area contributed by atoms with Crippen LogP contribution in [-0.4, -0.2) is 36.1 Å². The van der Waals surface area contributed by atoms with E-state index in [1.165, 1.54) is 18.9 Å². The molecule has 1 atom stereocenters. The highest BCUT2D eigenvalue weighted by molar-refractivity contribution is 5.96. The van der Waals surface area contributed by atoms with Crippen molar-refractivity contribution in [3.05, 3.63) is 40.6 Å². The second-order valence-corrected chi connectivity index (χ2v) is 5.43. The van der Waals surface area contributed by atoms with Crippen molar-refractivity contribution in [1.29, 1.82) is 0 Å². The third-order valence-electron chi connectivity index (χ3n) is 3.99. The zero-order valence-electron chi connectivity index (χ0n) is 12.0. The molecular formula is C15H18N4O2. The monoisotopic (exact) mass is 286 g/mol. The number of rotatable bonds is 4. The average Bonchev–Trinajstić information content (AvgIpc) is 2.98. The van der Waals surface area contributed by atoms with E-state index in [1.807, 2.05) is 19.2 Å². The molecule has 110 valence electrons. The van der Waals surface area contributed by atoms with Gasteiger partial charge < -0.3 is 10.2 Å². The number of para-hydroxylation sites is 1. The number of nitro groups is 1. The minimum atomic E-state index is -0.377. The average molecular weight is 286 g/mol. The molecule has 3 rings (SSSR count). The first-order chi connectivity index (χ1) is 10.2. The first-order valence-corrected chi connectivity index (χ1v) is 7.13. The van der Waals surface area contributed by atoms with Crippen LogP contribution in [0.2, 0.25) is 0 Å². The molecule has 1 aliphatic rings. The van der Waals surface area contributed by atoms with Crippen LogP contribution in [0.5, 0.6) is 0 Å². The summed E-state index contributed by atoms with van der Waals surface area (Å²) in [6, 6.07) is 7.51. The molecule has 1 aliphatic heterocycles. The minimum absolute atomic E-state index is 0.0572. The lowest BCUT2D eigenvalue weighted by molar-refractivity contribution is -0.383. The van der Waals surface area contributed by atoms with Gasteiger partial charge in [0.25, 0.3) is 5.69 Å². The standard InChI is InChI=1S/C15H18N4O2/c1-18(10-11-4-3-8-16-11)13-7-9-17-15-12(13)5-2-6-14(15)19(20)21/h2,5-7,9,11,16H,3-4,8,10H2,1H3. The second kappa shape index (κ2) is 5.65. The maximum Gasteiger partial charge on any atom is 0.295 e. The number of aromatic nitrogens is 1. The van der Waals surface area contributed by atoms with Crippen LogP contribution in [0.25, 0.3) is 10.9 Å². The van der Waals surface area contributed by atoms with Crippen molar-refractivity contribution in [2.75, 3.05) is 25.0 Å². The van der Waals surface area contributed by atoms with Gasteiger partial charge >= 0.3 is 0 Å². The van der Waals surface area contributed by atoms with Gasteiger partial charge in [-0.15, -0.1) is 0 Å². The van der Waals surface area contributed by atoms with E-state index in [0.29, 0.717) is 11.6 Å². The van der Waals surface area contributed by atoms with Gasteiger partial charge in [0.15, 0.2) is 0 Å². The van der Waals surface area contributed by atoms with E-state index in [4.69, 9.17) is 0 Å².